The molecule has 0 aromatic heterocycles. The highest BCUT2D eigenvalue weighted by Crippen LogP contribution is 2.23. The van der Waals surface area contributed by atoms with Crippen molar-refractivity contribution in [2.45, 2.75) is 44.0 Å². The van der Waals surface area contributed by atoms with E-state index in [1.165, 1.54) is 0 Å². The van der Waals surface area contributed by atoms with Gasteiger partial charge in [0.1, 0.15) is 6.10 Å². The van der Waals surface area contributed by atoms with Gasteiger partial charge in [0, 0.05) is 12.5 Å². The number of aliphatic hydroxyl groups excluding tert-OH is 4. The molecule has 4 N–H and O–H groups in total. The van der Waals surface area contributed by atoms with Crippen molar-refractivity contribution in [3.63, 3.8) is 0 Å². The summed E-state index contributed by atoms with van der Waals surface area (Å²) in [5, 5.41) is 37.3. The molecule has 0 heterocycles. The van der Waals surface area contributed by atoms with Crippen molar-refractivity contribution in [1.29, 1.82) is 0 Å². The minimum atomic E-state index is -1.11. The van der Waals surface area contributed by atoms with Crippen LogP contribution in [0.4, 0.5) is 0 Å². The van der Waals surface area contributed by atoms with Crippen molar-refractivity contribution < 1.29 is 20.4 Å². The predicted octanol–water partition coefficient (Wildman–Crippen LogP) is -0.748. The zero-order valence-electron chi connectivity index (χ0n) is 7.63. The lowest BCUT2D eigenvalue weighted by molar-refractivity contribution is -0.0981. The van der Waals surface area contributed by atoms with E-state index in [1.54, 1.807) is 0 Å². The largest absolute Gasteiger partial charge is 0.396 e. The molecule has 0 aromatic rings. The van der Waals surface area contributed by atoms with E-state index >= 15 is 0 Å². The molecule has 0 radical (unpaired) electrons. The third kappa shape index (κ3) is 2.64. The highest BCUT2D eigenvalue weighted by Gasteiger charge is 2.32. The zero-order chi connectivity index (χ0) is 9.84. The SMILES string of the molecule is OC[C@H]1CCCC[C@@H](O)[C@@H](O)[C@H]1O. The van der Waals surface area contributed by atoms with Crippen LogP contribution in [0.2, 0.25) is 0 Å². The van der Waals surface area contributed by atoms with Gasteiger partial charge in [0.2, 0.25) is 0 Å². The Balaban J connectivity index is 2.58. The lowest BCUT2D eigenvalue weighted by Crippen LogP contribution is -2.44. The van der Waals surface area contributed by atoms with E-state index in [0.29, 0.717) is 12.8 Å². The third-order valence-corrected chi connectivity index (χ3v) is 2.79. The van der Waals surface area contributed by atoms with Gasteiger partial charge in [0.25, 0.3) is 0 Å². The summed E-state index contributed by atoms with van der Waals surface area (Å²) in [6, 6.07) is 0. The Morgan fingerprint density at radius 1 is 0.923 bits per heavy atom. The summed E-state index contributed by atoms with van der Waals surface area (Å²) in [5.74, 6) is -0.301. The van der Waals surface area contributed by atoms with Gasteiger partial charge in [-0.3, -0.25) is 0 Å². The highest BCUT2D eigenvalue weighted by atomic mass is 16.4. The molecule has 0 bridgehead atoms. The van der Waals surface area contributed by atoms with E-state index in [9.17, 15) is 15.3 Å². The maximum atomic E-state index is 9.54. The molecule has 1 saturated carbocycles. The van der Waals surface area contributed by atoms with Gasteiger partial charge in [-0.05, 0) is 12.8 Å². The van der Waals surface area contributed by atoms with Crippen LogP contribution in [0.5, 0.6) is 0 Å². The number of aliphatic hydroxyl groups is 4. The van der Waals surface area contributed by atoms with Crippen molar-refractivity contribution in [3.8, 4) is 0 Å². The molecule has 0 spiro atoms. The smallest absolute Gasteiger partial charge is 0.106 e. The van der Waals surface area contributed by atoms with Gasteiger partial charge in [-0.15, -0.1) is 0 Å². The summed E-state index contributed by atoms with van der Waals surface area (Å²) in [4.78, 5) is 0. The van der Waals surface area contributed by atoms with E-state index < -0.39 is 18.3 Å². The Labute approximate surface area is 77.8 Å². The molecule has 13 heavy (non-hydrogen) atoms. The molecule has 78 valence electrons. The Morgan fingerprint density at radius 2 is 1.54 bits per heavy atom. The van der Waals surface area contributed by atoms with Crippen molar-refractivity contribution in [2.24, 2.45) is 5.92 Å². The summed E-state index contributed by atoms with van der Waals surface area (Å²) in [7, 11) is 0. The van der Waals surface area contributed by atoms with Crippen LogP contribution in [0.25, 0.3) is 0 Å². The maximum absolute atomic E-state index is 9.54. The van der Waals surface area contributed by atoms with E-state index in [2.05, 4.69) is 0 Å². The first-order valence-corrected chi connectivity index (χ1v) is 4.82. The van der Waals surface area contributed by atoms with Crippen molar-refractivity contribution in [2.75, 3.05) is 6.61 Å². The summed E-state index contributed by atoms with van der Waals surface area (Å²) in [5.41, 5.74) is 0. The van der Waals surface area contributed by atoms with Crippen LogP contribution in [0, 0.1) is 5.92 Å². The molecule has 0 amide bonds. The van der Waals surface area contributed by atoms with Gasteiger partial charge in [-0.1, -0.05) is 12.8 Å². The van der Waals surface area contributed by atoms with Gasteiger partial charge in [-0.2, -0.15) is 0 Å². The minimum Gasteiger partial charge on any atom is -0.396 e. The molecule has 1 fully saturated rings. The summed E-state index contributed by atoms with van der Waals surface area (Å²) < 4.78 is 0. The van der Waals surface area contributed by atoms with Crippen LogP contribution in [0.15, 0.2) is 0 Å². The summed E-state index contributed by atoms with van der Waals surface area (Å²) in [6.45, 7) is -0.134. The van der Waals surface area contributed by atoms with Crippen molar-refractivity contribution in [1.82, 2.24) is 0 Å². The second-order valence-electron chi connectivity index (χ2n) is 3.78. The topological polar surface area (TPSA) is 80.9 Å². The molecule has 4 nitrogen and oxygen atoms in total. The van der Waals surface area contributed by atoms with Crippen LogP contribution >= 0.6 is 0 Å². The fourth-order valence-electron chi connectivity index (χ4n) is 1.81. The second-order valence-corrected chi connectivity index (χ2v) is 3.78. The number of hydrogen-bond donors (Lipinski definition) is 4. The standard InChI is InChI=1S/C9H18O4/c10-5-6-3-1-2-4-7(11)9(13)8(6)12/h6-13H,1-5H2/t6-,7-,8+,9-/m1/s1. The molecule has 0 unspecified atom stereocenters. The molecule has 1 aliphatic rings. The van der Waals surface area contributed by atoms with Crippen LogP contribution in [-0.4, -0.2) is 45.3 Å². The van der Waals surface area contributed by atoms with Gasteiger partial charge in [-0.25, -0.2) is 0 Å². The second kappa shape index (κ2) is 4.91. The average molecular weight is 190 g/mol. The molecule has 1 rings (SSSR count). The normalized spacial score (nSPS) is 42.5. The van der Waals surface area contributed by atoms with Crippen LogP contribution in [-0.2, 0) is 0 Å². The molecule has 4 atom stereocenters. The minimum absolute atomic E-state index is 0.134. The third-order valence-electron chi connectivity index (χ3n) is 2.79. The van der Waals surface area contributed by atoms with Crippen LogP contribution < -0.4 is 0 Å². The van der Waals surface area contributed by atoms with Crippen molar-refractivity contribution >= 4 is 0 Å². The maximum Gasteiger partial charge on any atom is 0.106 e. The first-order valence-electron chi connectivity index (χ1n) is 4.82. The fourth-order valence-corrected chi connectivity index (χ4v) is 1.81. The summed E-state index contributed by atoms with van der Waals surface area (Å²) >= 11 is 0. The first kappa shape index (κ1) is 10.9. The van der Waals surface area contributed by atoms with Crippen LogP contribution in [0.3, 0.4) is 0 Å². The van der Waals surface area contributed by atoms with E-state index in [4.69, 9.17) is 5.11 Å². The van der Waals surface area contributed by atoms with Gasteiger partial charge in [0.15, 0.2) is 0 Å². The molecule has 1 aliphatic carbocycles. The quantitative estimate of drug-likeness (QED) is 0.438. The van der Waals surface area contributed by atoms with Crippen molar-refractivity contribution in [3.05, 3.63) is 0 Å². The van der Waals surface area contributed by atoms with Gasteiger partial charge < -0.3 is 20.4 Å². The molecular formula is C9H18O4. The van der Waals surface area contributed by atoms with E-state index in [1.807, 2.05) is 0 Å². The molecule has 4 heteroatoms. The predicted molar refractivity (Wildman–Crippen MR) is 47.1 cm³/mol. The Hall–Kier alpha value is -0.160. The number of rotatable bonds is 1. The number of hydrogen-bond acceptors (Lipinski definition) is 4. The zero-order valence-corrected chi connectivity index (χ0v) is 7.63. The van der Waals surface area contributed by atoms with Gasteiger partial charge in [0.05, 0.1) is 12.2 Å². The molecule has 0 aliphatic heterocycles. The fraction of sp³-hybridized carbons (Fsp3) is 1.00. The van der Waals surface area contributed by atoms with E-state index in [0.717, 1.165) is 12.8 Å². The first-order chi connectivity index (χ1) is 6.16. The lowest BCUT2D eigenvalue weighted by atomic mass is 9.86. The Morgan fingerprint density at radius 3 is 2.15 bits per heavy atom. The van der Waals surface area contributed by atoms with Crippen LogP contribution in [0.1, 0.15) is 25.7 Å². The average Bonchev–Trinajstić information content (AvgIpc) is 2.14. The molecule has 0 saturated heterocycles. The Bertz CT molecular complexity index is 149. The summed E-state index contributed by atoms with van der Waals surface area (Å²) in [6.07, 6.45) is -0.0205. The molecular weight excluding hydrogens is 172 g/mol. The van der Waals surface area contributed by atoms with E-state index in [-0.39, 0.29) is 12.5 Å². The molecule has 0 aromatic carbocycles. The van der Waals surface area contributed by atoms with Gasteiger partial charge >= 0.3 is 0 Å². The Kier molecular flexibility index (Phi) is 4.12. The highest BCUT2D eigenvalue weighted by molar-refractivity contribution is 4.83. The lowest BCUT2D eigenvalue weighted by Gasteiger charge is -2.30. The monoisotopic (exact) mass is 190 g/mol.